The zero-order valence-electron chi connectivity index (χ0n) is 15.4. The van der Waals surface area contributed by atoms with Crippen LogP contribution in [0.3, 0.4) is 0 Å². The molecule has 2 aromatic heterocycles. The molecule has 2 saturated heterocycles. The number of para-hydroxylation sites is 2. The molecule has 0 radical (unpaired) electrons. The van der Waals surface area contributed by atoms with Crippen molar-refractivity contribution < 1.29 is 9.59 Å². The number of amides is 2. The van der Waals surface area contributed by atoms with Gasteiger partial charge in [0.1, 0.15) is 12.2 Å². The Kier molecular flexibility index (Phi) is 4.07. The molecular weight excluding hydrogens is 358 g/mol. The number of hydrogen-bond donors (Lipinski definition) is 0. The second kappa shape index (κ2) is 6.74. The molecule has 0 unspecified atom stereocenters. The Labute approximate surface area is 161 Å². The maximum atomic E-state index is 12.6. The van der Waals surface area contributed by atoms with Gasteiger partial charge in [-0.3, -0.25) is 9.59 Å². The summed E-state index contributed by atoms with van der Waals surface area (Å²) in [6.45, 7) is 2.84. The van der Waals surface area contributed by atoms with Crippen LogP contribution in [0.4, 0.5) is 0 Å². The van der Waals surface area contributed by atoms with Crippen molar-refractivity contribution in [3.63, 3.8) is 0 Å². The Hall–Kier alpha value is -3.23. The third-order valence-corrected chi connectivity index (χ3v) is 5.50. The van der Waals surface area contributed by atoms with Crippen LogP contribution in [0.2, 0.25) is 0 Å². The first-order valence-corrected chi connectivity index (χ1v) is 9.53. The van der Waals surface area contributed by atoms with Crippen molar-refractivity contribution in [1.29, 1.82) is 0 Å². The molecule has 4 heterocycles. The molecule has 9 heteroatoms. The first kappa shape index (κ1) is 16.9. The molecule has 2 fully saturated rings. The van der Waals surface area contributed by atoms with Crippen molar-refractivity contribution in [3.05, 3.63) is 42.5 Å². The minimum absolute atomic E-state index is 0.0717. The van der Waals surface area contributed by atoms with Crippen LogP contribution in [0.15, 0.2) is 36.8 Å². The minimum Gasteiger partial charge on any atom is -0.337 e. The van der Waals surface area contributed by atoms with E-state index in [1.165, 1.54) is 0 Å². The monoisotopic (exact) mass is 379 g/mol. The molecule has 3 aromatic rings. The Balaban J connectivity index is 1.17. The normalized spacial score (nSPS) is 17.5. The van der Waals surface area contributed by atoms with E-state index in [4.69, 9.17) is 0 Å². The van der Waals surface area contributed by atoms with Crippen molar-refractivity contribution in [1.82, 2.24) is 34.3 Å². The largest absolute Gasteiger partial charge is 0.337 e. The molecule has 0 aliphatic carbocycles. The third kappa shape index (κ3) is 3.02. The van der Waals surface area contributed by atoms with Crippen molar-refractivity contribution in [2.24, 2.45) is 0 Å². The van der Waals surface area contributed by atoms with Gasteiger partial charge in [-0.05, 0) is 18.6 Å². The number of carbonyl (C=O) groups excluding carboxylic acids is 2. The van der Waals surface area contributed by atoms with Gasteiger partial charge in [-0.15, -0.1) is 5.10 Å². The third-order valence-electron chi connectivity index (χ3n) is 5.50. The summed E-state index contributed by atoms with van der Waals surface area (Å²) in [5.41, 5.74) is 2.65. The van der Waals surface area contributed by atoms with Crippen LogP contribution in [0, 0.1) is 0 Å². The van der Waals surface area contributed by atoms with Gasteiger partial charge in [0, 0.05) is 26.1 Å². The van der Waals surface area contributed by atoms with Crippen molar-refractivity contribution in [2.75, 3.05) is 19.6 Å². The molecule has 2 amide bonds. The zero-order valence-corrected chi connectivity index (χ0v) is 15.4. The highest BCUT2D eigenvalue weighted by Crippen LogP contribution is 2.22. The van der Waals surface area contributed by atoms with E-state index >= 15 is 0 Å². The van der Waals surface area contributed by atoms with Crippen molar-refractivity contribution in [3.8, 4) is 0 Å². The summed E-state index contributed by atoms with van der Waals surface area (Å²) in [7, 11) is 0. The van der Waals surface area contributed by atoms with Crippen LogP contribution in [-0.4, -0.2) is 65.8 Å². The number of likely N-dealkylation sites (tertiary alicyclic amines) is 2. The smallest absolute Gasteiger partial charge is 0.242 e. The quantitative estimate of drug-likeness (QED) is 0.655. The van der Waals surface area contributed by atoms with Gasteiger partial charge in [0.05, 0.1) is 36.1 Å². The van der Waals surface area contributed by atoms with Crippen LogP contribution >= 0.6 is 0 Å². The van der Waals surface area contributed by atoms with Crippen LogP contribution in [0.25, 0.3) is 11.0 Å². The Morgan fingerprint density at radius 1 is 1.21 bits per heavy atom. The lowest BCUT2D eigenvalue weighted by Gasteiger charge is -2.38. The van der Waals surface area contributed by atoms with Gasteiger partial charge in [-0.2, -0.15) is 0 Å². The number of fused-ring (bicyclic) bond motifs is 1. The lowest BCUT2D eigenvalue weighted by molar-refractivity contribution is -0.137. The van der Waals surface area contributed by atoms with Gasteiger partial charge in [0.2, 0.25) is 11.8 Å². The van der Waals surface area contributed by atoms with Crippen LogP contribution in [0.1, 0.15) is 24.6 Å². The van der Waals surface area contributed by atoms with Crippen LogP contribution in [-0.2, 0) is 22.7 Å². The van der Waals surface area contributed by atoms with Gasteiger partial charge in [-0.25, -0.2) is 9.67 Å². The van der Waals surface area contributed by atoms with Gasteiger partial charge >= 0.3 is 0 Å². The summed E-state index contributed by atoms with van der Waals surface area (Å²) in [5, 5.41) is 8.38. The SMILES string of the molecule is O=C1CCCN1Cc1cn(C2CN(C(=O)Cn3cnc4ccccc43)C2)nn1. The molecule has 28 heavy (non-hydrogen) atoms. The van der Waals surface area contributed by atoms with E-state index < -0.39 is 0 Å². The fraction of sp³-hybridized carbons (Fsp3) is 0.421. The molecule has 0 N–H and O–H groups in total. The van der Waals surface area contributed by atoms with E-state index in [1.54, 1.807) is 6.33 Å². The van der Waals surface area contributed by atoms with Gasteiger partial charge in [0.15, 0.2) is 0 Å². The molecule has 9 nitrogen and oxygen atoms in total. The summed E-state index contributed by atoms with van der Waals surface area (Å²) in [4.78, 5) is 32.3. The predicted octanol–water partition coefficient (Wildman–Crippen LogP) is 0.834. The standard InChI is InChI=1S/C19H21N7O2/c27-18-6-3-7-23(18)8-14-9-26(22-21-14)15-10-24(11-15)19(28)12-25-13-20-16-4-1-2-5-17(16)25/h1-2,4-5,9,13,15H,3,6-8,10-12H2. The van der Waals surface area contributed by atoms with Gasteiger partial charge in [-0.1, -0.05) is 17.3 Å². The molecule has 1 aromatic carbocycles. The number of carbonyl (C=O) groups is 2. The molecule has 0 atom stereocenters. The number of imidazole rings is 1. The molecular formula is C19H21N7O2. The lowest BCUT2D eigenvalue weighted by atomic mass is 10.1. The van der Waals surface area contributed by atoms with Crippen LogP contribution < -0.4 is 0 Å². The highest BCUT2D eigenvalue weighted by molar-refractivity contribution is 5.81. The maximum absolute atomic E-state index is 12.6. The first-order chi connectivity index (χ1) is 13.7. The molecule has 2 aliphatic heterocycles. The Morgan fingerprint density at radius 3 is 2.89 bits per heavy atom. The van der Waals surface area contributed by atoms with E-state index in [-0.39, 0.29) is 24.4 Å². The Morgan fingerprint density at radius 2 is 2.07 bits per heavy atom. The van der Waals surface area contributed by atoms with E-state index in [9.17, 15) is 9.59 Å². The second-order valence-electron chi connectivity index (χ2n) is 7.42. The zero-order chi connectivity index (χ0) is 19.1. The summed E-state index contributed by atoms with van der Waals surface area (Å²) in [6, 6.07) is 7.93. The highest BCUT2D eigenvalue weighted by atomic mass is 16.2. The van der Waals surface area contributed by atoms with Crippen molar-refractivity contribution in [2.45, 2.75) is 32.0 Å². The molecule has 5 rings (SSSR count). The lowest BCUT2D eigenvalue weighted by Crippen LogP contribution is -2.51. The summed E-state index contributed by atoms with van der Waals surface area (Å²) < 4.78 is 3.69. The fourth-order valence-corrected chi connectivity index (χ4v) is 3.84. The Bertz CT molecular complexity index is 1030. The number of rotatable bonds is 5. The predicted molar refractivity (Wildman–Crippen MR) is 100 cm³/mol. The van der Waals surface area contributed by atoms with E-state index in [2.05, 4.69) is 15.3 Å². The second-order valence-corrected chi connectivity index (χ2v) is 7.42. The number of nitrogens with zero attached hydrogens (tertiary/aromatic N) is 7. The molecule has 0 spiro atoms. The molecule has 2 aliphatic rings. The van der Waals surface area contributed by atoms with E-state index in [0.29, 0.717) is 26.1 Å². The molecule has 0 saturated carbocycles. The number of benzene rings is 1. The molecule has 0 bridgehead atoms. The summed E-state index contributed by atoms with van der Waals surface area (Å²) in [5.74, 6) is 0.254. The molecule has 144 valence electrons. The first-order valence-electron chi connectivity index (χ1n) is 9.53. The topological polar surface area (TPSA) is 89.2 Å². The number of aromatic nitrogens is 5. The van der Waals surface area contributed by atoms with E-state index in [0.717, 1.165) is 29.7 Å². The van der Waals surface area contributed by atoms with E-state index in [1.807, 2.05) is 49.5 Å². The fourth-order valence-electron chi connectivity index (χ4n) is 3.84. The van der Waals surface area contributed by atoms with Gasteiger partial charge in [0.25, 0.3) is 0 Å². The van der Waals surface area contributed by atoms with Gasteiger partial charge < -0.3 is 14.4 Å². The minimum atomic E-state index is 0.0717. The number of hydrogen-bond acceptors (Lipinski definition) is 5. The van der Waals surface area contributed by atoms with Crippen molar-refractivity contribution >= 4 is 22.8 Å². The average Bonchev–Trinajstić information content (AvgIpc) is 3.37. The summed E-state index contributed by atoms with van der Waals surface area (Å²) in [6.07, 6.45) is 5.14. The maximum Gasteiger partial charge on any atom is 0.242 e. The summed E-state index contributed by atoms with van der Waals surface area (Å²) >= 11 is 0. The van der Waals surface area contributed by atoms with Crippen LogP contribution in [0.5, 0.6) is 0 Å². The average molecular weight is 379 g/mol. The highest BCUT2D eigenvalue weighted by Gasteiger charge is 2.33.